The van der Waals surface area contributed by atoms with Crippen molar-refractivity contribution in [3.05, 3.63) is 87.3 Å². The highest BCUT2D eigenvalue weighted by Crippen LogP contribution is 2.27. The van der Waals surface area contributed by atoms with Crippen LogP contribution in [0.15, 0.2) is 86.6 Å². The van der Waals surface area contributed by atoms with Crippen molar-refractivity contribution in [3.63, 3.8) is 0 Å². The van der Waals surface area contributed by atoms with Crippen LogP contribution in [0.4, 0.5) is 5.69 Å². The zero-order valence-corrected chi connectivity index (χ0v) is 27.5. The van der Waals surface area contributed by atoms with E-state index < -0.39 is 28.5 Å². The van der Waals surface area contributed by atoms with Gasteiger partial charge in [0.15, 0.2) is 0 Å². The second-order valence-electron chi connectivity index (χ2n) is 9.53. The van der Waals surface area contributed by atoms with Crippen LogP contribution in [0.25, 0.3) is 0 Å². The number of halogens is 2. The Morgan fingerprint density at radius 3 is 1.98 bits per heavy atom. The molecule has 3 aromatic carbocycles. The highest BCUT2D eigenvalue weighted by molar-refractivity contribution is 9.10. The predicted octanol–water partition coefficient (Wildman–Crippen LogP) is 6.14. The molecule has 0 heterocycles. The van der Waals surface area contributed by atoms with Crippen LogP contribution in [0, 0.1) is 0 Å². The first kappa shape index (κ1) is 32.6. The van der Waals surface area contributed by atoms with Crippen molar-refractivity contribution in [1.82, 2.24) is 10.2 Å². The van der Waals surface area contributed by atoms with Crippen LogP contribution < -0.4 is 14.4 Å². The fourth-order valence-corrected chi connectivity index (χ4v) is 5.92. The Bertz CT molecular complexity index is 1420. The molecule has 8 nitrogen and oxygen atoms in total. The molecule has 0 aliphatic carbocycles. The van der Waals surface area contributed by atoms with Gasteiger partial charge in [-0.05, 0) is 93.4 Å². The van der Waals surface area contributed by atoms with Gasteiger partial charge in [0, 0.05) is 21.5 Å². The minimum Gasteiger partial charge on any atom is -0.494 e. The molecule has 0 radical (unpaired) electrons. The first-order chi connectivity index (χ1) is 19.5. The van der Waals surface area contributed by atoms with Crippen LogP contribution >= 0.6 is 31.9 Å². The van der Waals surface area contributed by atoms with E-state index in [1.54, 1.807) is 43.3 Å². The minimum absolute atomic E-state index is 0.0319. The Morgan fingerprint density at radius 1 is 0.878 bits per heavy atom. The lowest BCUT2D eigenvalue weighted by Crippen LogP contribution is -2.52. The summed E-state index contributed by atoms with van der Waals surface area (Å²) in [4.78, 5) is 28.6. The average molecular weight is 710 g/mol. The molecule has 1 N–H and O–H groups in total. The van der Waals surface area contributed by atoms with E-state index >= 15 is 0 Å². The van der Waals surface area contributed by atoms with Gasteiger partial charge in [0.05, 0.1) is 17.2 Å². The second kappa shape index (κ2) is 14.8. The third-order valence-corrected chi connectivity index (χ3v) is 9.40. The maximum Gasteiger partial charge on any atom is 0.264 e. The van der Waals surface area contributed by atoms with Crippen molar-refractivity contribution in [2.24, 2.45) is 0 Å². The molecular weight excluding hydrogens is 674 g/mol. The van der Waals surface area contributed by atoms with Crippen molar-refractivity contribution in [2.45, 2.75) is 57.6 Å². The van der Waals surface area contributed by atoms with Gasteiger partial charge >= 0.3 is 0 Å². The summed E-state index contributed by atoms with van der Waals surface area (Å²) < 4.78 is 36.0. The summed E-state index contributed by atoms with van der Waals surface area (Å²) in [6.45, 7) is 7.43. The van der Waals surface area contributed by atoms with Gasteiger partial charge < -0.3 is 15.0 Å². The molecule has 0 saturated carbocycles. The molecule has 2 amide bonds. The molecule has 0 aliphatic rings. The highest BCUT2D eigenvalue weighted by atomic mass is 79.9. The number of hydrogen-bond donors (Lipinski definition) is 1. The average Bonchev–Trinajstić information content (AvgIpc) is 2.95. The van der Waals surface area contributed by atoms with Gasteiger partial charge in [-0.2, -0.15) is 0 Å². The number of carbonyl (C=O) groups excluding carboxylic acids is 2. The maximum absolute atomic E-state index is 14.0. The number of benzene rings is 3. The number of hydrogen-bond acceptors (Lipinski definition) is 5. The predicted molar refractivity (Wildman–Crippen MR) is 168 cm³/mol. The van der Waals surface area contributed by atoms with E-state index in [0.717, 1.165) is 25.2 Å². The summed E-state index contributed by atoms with van der Waals surface area (Å²) in [5.74, 6) is -0.252. The van der Waals surface area contributed by atoms with Gasteiger partial charge in [0.25, 0.3) is 10.0 Å². The molecule has 0 bridgehead atoms. The zero-order valence-electron chi connectivity index (χ0n) is 23.5. The van der Waals surface area contributed by atoms with Gasteiger partial charge in [0.2, 0.25) is 11.8 Å². The fourth-order valence-electron chi connectivity index (χ4n) is 3.97. The number of nitrogens with one attached hydrogen (secondary N) is 1. The smallest absolute Gasteiger partial charge is 0.264 e. The van der Waals surface area contributed by atoms with E-state index in [-0.39, 0.29) is 23.4 Å². The third kappa shape index (κ3) is 8.80. The highest BCUT2D eigenvalue weighted by Gasteiger charge is 2.32. The SMILES string of the molecule is CCOc1ccc(N(CC(=O)N(Cc2ccc(Br)cc2)[C@H](C)C(=O)N[C@H](C)CC)S(=O)(=O)c2ccc(Br)cc2)cc1. The molecule has 0 aromatic heterocycles. The molecule has 11 heteroatoms. The fraction of sp³-hybridized carbons (Fsp3) is 0.333. The van der Waals surface area contributed by atoms with Crippen molar-refractivity contribution < 1.29 is 22.7 Å². The van der Waals surface area contributed by atoms with Gasteiger partial charge in [-0.25, -0.2) is 8.42 Å². The van der Waals surface area contributed by atoms with Crippen molar-refractivity contribution in [2.75, 3.05) is 17.5 Å². The number of rotatable bonds is 13. The van der Waals surface area contributed by atoms with E-state index in [2.05, 4.69) is 37.2 Å². The number of anilines is 1. The van der Waals surface area contributed by atoms with E-state index in [9.17, 15) is 18.0 Å². The van der Waals surface area contributed by atoms with E-state index in [0.29, 0.717) is 18.0 Å². The summed E-state index contributed by atoms with van der Waals surface area (Å²) in [5, 5.41) is 2.93. The van der Waals surface area contributed by atoms with Gasteiger partial charge in [0.1, 0.15) is 18.3 Å². The molecule has 0 fully saturated rings. The first-order valence-corrected chi connectivity index (χ1v) is 16.3. The second-order valence-corrected chi connectivity index (χ2v) is 13.2. The van der Waals surface area contributed by atoms with Crippen LogP contribution in [0.1, 0.15) is 39.7 Å². The van der Waals surface area contributed by atoms with Crippen LogP contribution in [-0.2, 0) is 26.2 Å². The molecule has 220 valence electrons. The van der Waals surface area contributed by atoms with Gasteiger partial charge in [-0.1, -0.05) is 50.9 Å². The van der Waals surface area contributed by atoms with Gasteiger partial charge in [-0.15, -0.1) is 0 Å². The molecule has 0 aliphatic heterocycles. The topological polar surface area (TPSA) is 96.0 Å². The van der Waals surface area contributed by atoms with Crippen molar-refractivity contribution in [3.8, 4) is 5.75 Å². The van der Waals surface area contributed by atoms with Crippen LogP contribution in [0.2, 0.25) is 0 Å². The number of carbonyl (C=O) groups is 2. The molecule has 3 rings (SSSR count). The summed E-state index contributed by atoms with van der Waals surface area (Å²) in [5.41, 5.74) is 1.10. The summed E-state index contributed by atoms with van der Waals surface area (Å²) in [6, 6.07) is 19.2. The summed E-state index contributed by atoms with van der Waals surface area (Å²) in [7, 11) is -4.15. The normalized spacial score (nSPS) is 12.7. The molecule has 0 spiro atoms. The molecular formula is C30H35Br2N3O5S. The van der Waals surface area contributed by atoms with Gasteiger partial charge in [-0.3, -0.25) is 13.9 Å². The lowest BCUT2D eigenvalue weighted by molar-refractivity contribution is -0.139. The van der Waals surface area contributed by atoms with Crippen LogP contribution in [0.5, 0.6) is 5.75 Å². The largest absolute Gasteiger partial charge is 0.494 e. The minimum atomic E-state index is -4.15. The molecule has 0 saturated heterocycles. The molecule has 2 atom stereocenters. The maximum atomic E-state index is 14.0. The quantitative estimate of drug-likeness (QED) is 0.230. The zero-order chi connectivity index (χ0) is 30.2. The van der Waals surface area contributed by atoms with E-state index in [1.165, 1.54) is 17.0 Å². The van der Waals surface area contributed by atoms with Crippen LogP contribution in [0.3, 0.4) is 0 Å². The molecule has 41 heavy (non-hydrogen) atoms. The summed E-state index contributed by atoms with van der Waals surface area (Å²) in [6.07, 6.45) is 0.732. The number of sulfonamides is 1. The van der Waals surface area contributed by atoms with Crippen molar-refractivity contribution in [1.29, 1.82) is 0 Å². The standard InChI is InChI=1S/C30H35Br2N3O5S/c1-5-21(3)33-30(37)22(4)34(19-23-7-9-24(31)10-8-23)29(36)20-35(26-13-15-27(16-14-26)40-6-2)41(38,39)28-17-11-25(32)12-18-28/h7-18,21-22H,5-6,19-20H2,1-4H3,(H,33,37)/t21-,22-/m1/s1. The first-order valence-electron chi connectivity index (χ1n) is 13.3. The summed E-state index contributed by atoms with van der Waals surface area (Å²) >= 11 is 6.76. The van der Waals surface area contributed by atoms with E-state index in [4.69, 9.17) is 4.74 Å². The third-order valence-electron chi connectivity index (χ3n) is 6.55. The molecule has 0 unspecified atom stereocenters. The lowest BCUT2D eigenvalue weighted by atomic mass is 10.1. The Kier molecular flexibility index (Phi) is 11.8. The monoisotopic (exact) mass is 707 g/mol. The Hall–Kier alpha value is -2.89. The molecule has 3 aromatic rings. The Balaban J connectivity index is 2.02. The number of ether oxygens (including phenoxy) is 1. The number of amides is 2. The lowest BCUT2D eigenvalue weighted by Gasteiger charge is -2.32. The van der Waals surface area contributed by atoms with Crippen LogP contribution in [-0.4, -0.2) is 50.4 Å². The van der Waals surface area contributed by atoms with E-state index in [1.807, 2.05) is 45.0 Å². The van der Waals surface area contributed by atoms with Crippen molar-refractivity contribution >= 4 is 59.4 Å². The Morgan fingerprint density at radius 2 is 1.44 bits per heavy atom. The Labute approximate surface area is 259 Å². The number of nitrogens with zero attached hydrogens (tertiary/aromatic N) is 2.